The van der Waals surface area contributed by atoms with Crippen LogP contribution in [0.3, 0.4) is 0 Å². The molecule has 2 fully saturated rings. The van der Waals surface area contributed by atoms with Crippen LogP contribution in [0.15, 0.2) is 0 Å². The Kier molecular flexibility index (Phi) is 5.62. The van der Waals surface area contributed by atoms with Crippen LogP contribution in [0, 0.1) is 0 Å². The third-order valence-corrected chi connectivity index (χ3v) is 6.25. The SMILES string of the molecule is CCC1(CC)CN(CCSC)C2(CCCCC2)CN1. The first-order valence-corrected chi connectivity index (χ1v) is 9.59. The molecule has 0 atom stereocenters. The predicted octanol–water partition coefficient (Wildman–Crippen LogP) is 3.52. The number of nitrogens with zero attached hydrogens (tertiary/aromatic N) is 1. The first kappa shape index (κ1) is 15.7. The Bertz CT molecular complexity index is 270. The molecule has 3 heteroatoms. The summed E-state index contributed by atoms with van der Waals surface area (Å²) >= 11 is 2.00. The molecule has 1 N–H and O–H groups in total. The zero-order chi connectivity index (χ0) is 13.8. The number of hydrogen-bond donors (Lipinski definition) is 1. The number of nitrogens with one attached hydrogen (secondary N) is 1. The largest absolute Gasteiger partial charge is 0.308 e. The lowest BCUT2D eigenvalue weighted by Crippen LogP contribution is -2.70. The Morgan fingerprint density at radius 3 is 2.37 bits per heavy atom. The van der Waals surface area contributed by atoms with Crippen molar-refractivity contribution in [3.05, 3.63) is 0 Å². The van der Waals surface area contributed by atoms with Gasteiger partial charge in [-0.3, -0.25) is 4.90 Å². The molecule has 1 saturated heterocycles. The molecule has 1 aliphatic carbocycles. The van der Waals surface area contributed by atoms with E-state index < -0.39 is 0 Å². The first-order valence-electron chi connectivity index (χ1n) is 8.19. The van der Waals surface area contributed by atoms with Gasteiger partial charge >= 0.3 is 0 Å². The molecule has 1 heterocycles. The van der Waals surface area contributed by atoms with Gasteiger partial charge in [0.2, 0.25) is 0 Å². The van der Waals surface area contributed by atoms with Gasteiger partial charge in [-0.25, -0.2) is 0 Å². The molecule has 0 aromatic heterocycles. The van der Waals surface area contributed by atoms with Crippen molar-refractivity contribution in [2.24, 2.45) is 0 Å². The summed E-state index contributed by atoms with van der Waals surface area (Å²) in [7, 11) is 0. The van der Waals surface area contributed by atoms with Gasteiger partial charge in [-0.2, -0.15) is 11.8 Å². The van der Waals surface area contributed by atoms with Crippen molar-refractivity contribution in [3.63, 3.8) is 0 Å². The lowest BCUT2D eigenvalue weighted by atomic mass is 9.75. The van der Waals surface area contributed by atoms with Crippen LogP contribution in [0.4, 0.5) is 0 Å². The number of thioether (sulfide) groups is 1. The van der Waals surface area contributed by atoms with Crippen LogP contribution in [-0.2, 0) is 0 Å². The van der Waals surface area contributed by atoms with Crippen LogP contribution < -0.4 is 5.32 Å². The molecule has 0 bridgehead atoms. The second-order valence-electron chi connectivity index (χ2n) is 6.54. The minimum Gasteiger partial charge on any atom is -0.308 e. The normalized spacial score (nSPS) is 26.7. The van der Waals surface area contributed by atoms with Crippen LogP contribution in [-0.4, -0.2) is 47.6 Å². The number of rotatable bonds is 5. The van der Waals surface area contributed by atoms with E-state index in [1.807, 2.05) is 11.8 Å². The van der Waals surface area contributed by atoms with Crippen molar-refractivity contribution >= 4 is 11.8 Å². The predicted molar refractivity (Wildman–Crippen MR) is 87.1 cm³/mol. The van der Waals surface area contributed by atoms with Crippen LogP contribution in [0.25, 0.3) is 0 Å². The minimum atomic E-state index is 0.376. The molecule has 1 spiro atoms. The highest BCUT2D eigenvalue weighted by Gasteiger charge is 2.45. The number of piperazine rings is 1. The highest BCUT2D eigenvalue weighted by atomic mass is 32.2. The summed E-state index contributed by atoms with van der Waals surface area (Å²) in [5, 5.41) is 3.95. The summed E-state index contributed by atoms with van der Waals surface area (Å²) in [5.41, 5.74) is 0.864. The van der Waals surface area contributed by atoms with E-state index in [0.29, 0.717) is 11.1 Å². The minimum absolute atomic E-state index is 0.376. The molecule has 0 aromatic rings. The molecule has 1 aliphatic heterocycles. The first-order chi connectivity index (χ1) is 9.20. The molecule has 0 amide bonds. The number of hydrogen-bond acceptors (Lipinski definition) is 3. The maximum Gasteiger partial charge on any atom is 0.0335 e. The lowest BCUT2D eigenvalue weighted by molar-refractivity contribution is -0.0173. The van der Waals surface area contributed by atoms with E-state index in [9.17, 15) is 0 Å². The average molecular weight is 285 g/mol. The Hall–Kier alpha value is 0.270. The molecule has 19 heavy (non-hydrogen) atoms. The van der Waals surface area contributed by atoms with Crippen molar-refractivity contribution in [2.45, 2.75) is 69.9 Å². The van der Waals surface area contributed by atoms with Crippen LogP contribution in [0.5, 0.6) is 0 Å². The zero-order valence-electron chi connectivity index (χ0n) is 13.1. The van der Waals surface area contributed by atoms with Crippen molar-refractivity contribution in [3.8, 4) is 0 Å². The van der Waals surface area contributed by atoms with Gasteiger partial charge in [0.05, 0.1) is 0 Å². The third-order valence-electron chi connectivity index (χ3n) is 5.66. The Balaban J connectivity index is 2.11. The highest BCUT2D eigenvalue weighted by Crippen LogP contribution is 2.38. The van der Waals surface area contributed by atoms with Crippen molar-refractivity contribution in [2.75, 3.05) is 31.6 Å². The Morgan fingerprint density at radius 1 is 1.11 bits per heavy atom. The Labute approximate surface area is 124 Å². The molecule has 2 rings (SSSR count). The molecule has 0 aromatic carbocycles. The van der Waals surface area contributed by atoms with Gasteiger partial charge in [0.1, 0.15) is 0 Å². The molecule has 2 aliphatic rings. The van der Waals surface area contributed by atoms with Crippen molar-refractivity contribution in [1.29, 1.82) is 0 Å². The quantitative estimate of drug-likeness (QED) is 0.831. The fourth-order valence-corrected chi connectivity index (χ4v) is 4.40. The van der Waals surface area contributed by atoms with E-state index in [1.165, 1.54) is 70.3 Å². The summed E-state index contributed by atoms with van der Waals surface area (Å²) in [6.45, 7) is 8.47. The zero-order valence-corrected chi connectivity index (χ0v) is 14.0. The van der Waals surface area contributed by atoms with E-state index in [2.05, 4.69) is 30.3 Å². The molecule has 0 radical (unpaired) electrons. The van der Waals surface area contributed by atoms with Gasteiger partial charge in [-0.1, -0.05) is 33.1 Å². The van der Waals surface area contributed by atoms with Gasteiger partial charge < -0.3 is 5.32 Å². The summed E-state index contributed by atoms with van der Waals surface area (Å²) in [6, 6.07) is 0. The lowest BCUT2D eigenvalue weighted by Gasteiger charge is -2.56. The second-order valence-corrected chi connectivity index (χ2v) is 7.53. The standard InChI is InChI=1S/C16H32N2S/c1-4-15(5-2)14-18(11-12-19-3)16(13-17-15)9-7-6-8-10-16/h17H,4-14H2,1-3H3. The van der Waals surface area contributed by atoms with E-state index in [4.69, 9.17) is 0 Å². The molecule has 2 nitrogen and oxygen atoms in total. The van der Waals surface area contributed by atoms with Gasteiger partial charge in [-0.15, -0.1) is 0 Å². The van der Waals surface area contributed by atoms with Crippen LogP contribution in [0.2, 0.25) is 0 Å². The smallest absolute Gasteiger partial charge is 0.0335 e. The second kappa shape index (κ2) is 6.82. The summed E-state index contributed by atoms with van der Waals surface area (Å²) in [6.07, 6.45) is 11.9. The highest BCUT2D eigenvalue weighted by molar-refractivity contribution is 7.98. The average Bonchev–Trinajstić information content (AvgIpc) is 2.48. The van der Waals surface area contributed by atoms with Gasteiger partial charge in [0.25, 0.3) is 0 Å². The molecular formula is C16H32N2S. The summed E-state index contributed by atoms with van der Waals surface area (Å²) in [4.78, 5) is 2.87. The van der Waals surface area contributed by atoms with Crippen molar-refractivity contribution in [1.82, 2.24) is 10.2 Å². The molecular weight excluding hydrogens is 252 g/mol. The third kappa shape index (κ3) is 3.30. The van der Waals surface area contributed by atoms with E-state index >= 15 is 0 Å². The van der Waals surface area contributed by atoms with Gasteiger partial charge in [-0.05, 0) is 31.9 Å². The van der Waals surface area contributed by atoms with Crippen LogP contribution in [0.1, 0.15) is 58.8 Å². The van der Waals surface area contributed by atoms with E-state index in [-0.39, 0.29) is 0 Å². The van der Waals surface area contributed by atoms with Crippen molar-refractivity contribution < 1.29 is 0 Å². The van der Waals surface area contributed by atoms with Crippen LogP contribution >= 0.6 is 11.8 Å². The summed E-state index contributed by atoms with van der Waals surface area (Å²) < 4.78 is 0. The topological polar surface area (TPSA) is 15.3 Å². The van der Waals surface area contributed by atoms with Gasteiger partial charge in [0, 0.05) is 36.5 Å². The fraction of sp³-hybridized carbons (Fsp3) is 1.00. The van der Waals surface area contributed by atoms with E-state index in [0.717, 1.165) is 0 Å². The maximum absolute atomic E-state index is 3.95. The monoisotopic (exact) mass is 284 g/mol. The van der Waals surface area contributed by atoms with Gasteiger partial charge in [0.15, 0.2) is 0 Å². The molecule has 0 unspecified atom stereocenters. The molecule has 112 valence electrons. The maximum atomic E-state index is 3.95. The molecule has 1 saturated carbocycles. The summed E-state index contributed by atoms with van der Waals surface area (Å²) in [5.74, 6) is 1.28. The Morgan fingerprint density at radius 2 is 1.79 bits per heavy atom. The van der Waals surface area contributed by atoms with E-state index in [1.54, 1.807) is 0 Å². The fourth-order valence-electron chi connectivity index (χ4n) is 4.00.